The molecular weight excluding hydrogens is 512 g/mol. The number of nitrogens with zero attached hydrogens (tertiary/aromatic N) is 4. The van der Waals surface area contributed by atoms with Gasteiger partial charge in [0.2, 0.25) is 0 Å². The first-order valence-electron chi connectivity index (χ1n) is 14.4. The maximum Gasteiger partial charge on any atom is 0.138 e. The van der Waals surface area contributed by atoms with Crippen LogP contribution >= 0.6 is 0 Å². The minimum absolute atomic E-state index is 0.0250. The Kier molecular flexibility index (Phi) is 4.77. The van der Waals surface area contributed by atoms with E-state index in [1.54, 1.807) is 0 Å². The van der Waals surface area contributed by atoms with Crippen LogP contribution in [-0.2, 0) is 5.41 Å². The van der Waals surface area contributed by atoms with Crippen LogP contribution in [0.1, 0.15) is 30.0 Å². The predicted molar refractivity (Wildman–Crippen MR) is 173 cm³/mol. The summed E-state index contributed by atoms with van der Waals surface area (Å²) in [6, 6.07) is 33.9. The number of hydrogen-bond acceptors (Lipinski definition) is 3. The second-order valence-corrected chi connectivity index (χ2v) is 11.5. The van der Waals surface area contributed by atoms with E-state index < -0.39 is 0 Å². The Bertz CT molecular complexity index is 2250. The van der Waals surface area contributed by atoms with E-state index in [1.807, 2.05) is 18.3 Å². The Morgan fingerprint density at radius 3 is 2.43 bits per heavy atom. The summed E-state index contributed by atoms with van der Waals surface area (Å²) in [5, 5.41) is 3.72. The fourth-order valence-corrected chi connectivity index (χ4v) is 7.01. The van der Waals surface area contributed by atoms with E-state index in [-0.39, 0.29) is 5.41 Å². The second-order valence-electron chi connectivity index (χ2n) is 11.5. The smallest absolute Gasteiger partial charge is 0.138 e. The molecule has 0 amide bonds. The van der Waals surface area contributed by atoms with E-state index in [9.17, 15) is 0 Å². The van der Waals surface area contributed by atoms with E-state index in [0.29, 0.717) is 0 Å². The topological polar surface area (TPSA) is 43.6 Å². The summed E-state index contributed by atoms with van der Waals surface area (Å²) in [5.74, 6) is 0.849. The molecule has 3 aromatic carbocycles. The number of fused-ring (bicyclic) bond motifs is 3. The van der Waals surface area contributed by atoms with Crippen molar-refractivity contribution in [2.75, 3.05) is 0 Å². The minimum atomic E-state index is 0.0250. The zero-order chi connectivity index (χ0) is 27.8. The van der Waals surface area contributed by atoms with Gasteiger partial charge in [0.15, 0.2) is 0 Å². The SMILES string of the molecule is CC12C=Cc3ccc(-c4cccc(-c5cccc(-n6c7ccccc7c7ncccc76)n5)n4)c4ccc(c1c34)C=CC2. The number of para-hydroxylation sites is 1. The van der Waals surface area contributed by atoms with Crippen molar-refractivity contribution in [3.8, 4) is 28.5 Å². The maximum absolute atomic E-state index is 5.19. The highest BCUT2D eigenvalue weighted by Gasteiger charge is 2.32. The molecule has 0 N–H and O–H groups in total. The van der Waals surface area contributed by atoms with Crippen molar-refractivity contribution in [1.29, 1.82) is 0 Å². The van der Waals surface area contributed by atoms with Crippen LogP contribution in [0.5, 0.6) is 0 Å². The number of benzene rings is 3. The largest absolute Gasteiger partial charge is 0.292 e. The summed E-state index contributed by atoms with van der Waals surface area (Å²) in [6.45, 7) is 2.35. The Morgan fingerprint density at radius 2 is 1.48 bits per heavy atom. The zero-order valence-corrected chi connectivity index (χ0v) is 23.1. The van der Waals surface area contributed by atoms with Crippen molar-refractivity contribution in [1.82, 2.24) is 19.5 Å². The first kappa shape index (κ1) is 23.4. The lowest BCUT2D eigenvalue weighted by atomic mass is 9.68. The third-order valence-corrected chi connectivity index (χ3v) is 8.97. The molecule has 42 heavy (non-hydrogen) atoms. The van der Waals surface area contributed by atoms with Gasteiger partial charge in [-0.2, -0.15) is 0 Å². The quantitative estimate of drug-likeness (QED) is 0.225. The van der Waals surface area contributed by atoms with Crippen LogP contribution in [0.3, 0.4) is 0 Å². The molecule has 0 aliphatic heterocycles. The molecule has 198 valence electrons. The number of hydrogen-bond donors (Lipinski definition) is 0. The van der Waals surface area contributed by atoms with Crippen molar-refractivity contribution in [2.24, 2.45) is 0 Å². The van der Waals surface area contributed by atoms with Gasteiger partial charge in [-0.15, -0.1) is 0 Å². The monoisotopic (exact) mass is 538 g/mol. The van der Waals surface area contributed by atoms with Gasteiger partial charge in [-0.1, -0.05) is 85.8 Å². The molecule has 4 heterocycles. The molecule has 1 unspecified atom stereocenters. The van der Waals surface area contributed by atoms with Crippen molar-refractivity contribution in [2.45, 2.75) is 18.8 Å². The average molecular weight is 539 g/mol. The highest BCUT2D eigenvalue weighted by atomic mass is 15.1. The highest BCUT2D eigenvalue weighted by Crippen LogP contribution is 2.47. The Hall–Kier alpha value is -5.35. The molecule has 4 heteroatoms. The third-order valence-electron chi connectivity index (χ3n) is 8.97. The van der Waals surface area contributed by atoms with Gasteiger partial charge in [0.1, 0.15) is 5.82 Å². The third kappa shape index (κ3) is 3.26. The molecular formula is C38H26N4. The van der Waals surface area contributed by atoms with Crippen molar-refractivity contribution < 1.29 is 0 Å². The van der Waals surface area contributed by atoms with Crippen molar-refractivity contribution in [3.63, 3.8) is 0 Å². The fraction of sp³-hybridized carbons (Fsp3) is 0.0789. The van der Waals surface area contributed by atoms with Crippen LogP contribution in [0.2, 0.25) is 0 Å². The average Bonchev–Trinajstić information content (AvgIpc) is 3.38. The molecule has 0 fully saturated rings. The molecule has 0 bridgehead atoms. The van der Waals surface area contributed by atoms with Crippen LogP contribution in [-0.4, -0.2) is 19.5 Å². The van der Waals surface area contributed by atoms with Gasteiger partial charge in [0, 0.05) is 22.6 Å². The molecule has 9 rings (SSSR count). The van der Waals surface area contributed by atoms with Crippen LogP contribution in [0, 0.1) is 0 Å². The second kappa shape index (κ2) is 8.58. The predicted octanol–water partition coefficient (Wildman–Crippen LogP) is 9.16. The van der Waals surface area contributed by atoms with Gasteiger partial charge in [-0.3, -0.25) is 9.55 Å². The van der Waals surface area contributed by atoms with Crippen LogP contribution in [0.25, 0.3) is 73.3 Å². The maximum atomic E-state index is 5.19. The Morgan fingerprint density at radius 1 is 0.667 bits per heavy atom. The van der Waals surface area contributed by atoms with Gasteiger partial charge in [-0.25, -0.2) is 9.97 Å². The van der Waals surface area contributed by atoms with Crippen molar-refractivity contribution in [3.05, 3.63) is 132 Å². The molecule has 1 atom stereocenters. The zero-order valence-electron chi connectivity index (χ0n) is 23.1. The van der Waals surface area contributed by atoms with E-state index >= 15 is 0 Å². The fourth-order valence-electron chi connectivity index (χ4n) is 7.01. The summed E-state index contributed by atoms with van der Waals surface area (Å²) in [6.07, 6.45) is 12.1. The summed E-state index contributed by atoms with van der Waals surface area (Å²) < 4.78 is 2.19. The number of allylic oxidation sites excluding steroid dienone is 2. The van der Waals surface area contributed by atoms with E-state index in [0.717, 1.165) is 56.8 Å². The first-order chi connectivity index (χ1) is 20.7. The summed E-state index contributed by atoms with van der Waals surface area (Å²) in [7, 11) is 0. The van der Waals surface area contributed by atoms with Gasteiger partial charge in [0.05, 0.1) is 33.6 Å². The molecule has 2 aliphatic rings. The van der Waals surface area contributed by atoms with Gasteiger partial charge in [0.25, 0.3) is 0 Å². The Balaban J connectivity index is 1.20. The molecule has 2 aliphatic carbocycles. The normalized spacial score (nSPS) is 17.0. The molecule has 0 saturated carbocycles. The van der Waals surface area contributed by atoms with Gasteiger partial charge < -0.3 is 0 Å². The van der Waals surface area contributed by atoms with E-state index in [2.05, 4.69) is 126 Å². The summed E-state index contributed by atoms with van der Waals surface area (Å²) >= 11 is 0. The summed E-state index contributed by atoms with van der Waals surface area (Å²) in [5.41, 5.74) is 11.0. The lowest BCUT2D eigenvalue weighted by Gasteiger charge is -2.35. The summed E-state index contributed by atoms with van der Waals surface area (Å²) in [4.78, 5) is 15.0. The van der Waals surface area contributed by atoms with E-state index in [1.165, 1.54) is 27.5 Å². The van der Waals surface area contributed by atoms with Crippen LogP contribution in [0.15, 0.2) is 115 Å². The highest BCUT2D eigenvalue weighted by molar-refractivity contribution is 6.07. The standard InChI is InChI=1S/C38H26N4/c1-38-21-6-8-25-17-19-27-26(18-16-24(20-22-38)35(27)36(25)38)29-10-4-11-30(40-29)31-12-5-15-34(41-31)42-32-13-3-2-9-28(32)37-33(42)14-7-23-39-37/h2-20,22-23H,21H2,1H3. The van der Waals surface area contributed by atoms with E-state index in [4.69, 9.17) is 9.97 Å². The molecule has 0 saturated heterocycles. The number of aromatic nitrogens is 4. The Labute approximate surface area is 243 Å². The number of pyridine rings is 3. The van der Waals surface area contributed by atoms with Crippen molar-refractivity contribution >= 4 is 44.9 Å². The van der Waals surface area contributed by atoms with Gasteiger partial charge >= 0.3 is 0 Å². The molecule has 0 spiro atoms. The molecule has 4 nitrogen and oxygen atoms in total. The van der Waals surface area contributed by atoms with Gasteiger partial charge in [-0.05, 0) is 76.3 Å². The number of rotatable bonds is 3. The first-order valence-corrected chi connectivity index (χ1v) is 14.4. The molecule has 4 aromatic heterocycles. The van der Waals surface area contributed by atoms with Crippen LogP contribution < -0.4 is 0 Å². The lowest BCUT2D eigenvalue weighted by Crippen LogP contribution is -2.24. The lowest BCUT2D eigenvalue weighted by molar-refractivity contribution is 0.605. The van der Waals surface area contributed by atoms with Crippen LogP contribution in [0.4, 0.5) is 0 Å². The molecule has 7 aromatic rings. The minimum Gasteiger partial charge on any atom is -0.292 e. The molecule has 0 radical (unpaired) electrons.